The average Bonchev–Trinajstić information content (AvgIpc) is 2.10. The second-order valence-corrected chi connectivity index (χ2v) is 3.58. The summed E-state index contributed by atoms with van der Waals surface area (Å²) in [6.07, 6.45) is 5.43. The number of amides is 1. The molecule has 74 valence electrons. The fraction of sp³-hybridized carbons (Fsp3) is 0.700. The van der Waals surface area contributed by atoms with E-state index in [0.717, 1.165) is 19.4 Å². The van der Waals surface area contributed by atoms with Gasteiger partial charge in [0.25, 0.3) is 0 Å². The van der Waals surface area contributed by atoms with Crippen molar-refractivity contribution >= 4 is 5.91 Å². The van der Waals surface area contributed by atoms with Gasteiger partial charge in [0, 0.05) is 18.6 Å². The van der Waals surface area contributed by atoms with E-state index in [0.29, 0.717) is 0 Å². The van der Waals surface area contributed by atoms with Gasteiger partial charge < -0.3 is 10.6 Å². The molecule has 1 fully saturated rings. The zero-order chi connectivity index (χ0) is 9.84. The van der Waals surface area contributed by atoms with Crippen LogP contribution in [0.1, 0.15) is 26.7 Å². The first kappa shape index (κ1) is 10.3. The maximum Gasteiger partial charge on any atom is 0.246 e. The number of piperidine rings is 1. The SMILES string of the molecule is C/C=C/C(=O)N1CCC[C@@H](N)[C@H]1C. The predicted octanol–water partition coefficient (Wildman–Crippen LogP) is 0.901. The third-order valence-corrected chi connectivity index (χ3v) is 2.64. The van der Waals surface area contributed by atoms with E-state index in [2.05, 4.69) is 0 Å². The van der Waals surface area contributed by atoms with Crippen molar-refractivity contribution in [1.29, 1.82) is 0 Å². The summed E-state index contributed by atoms with van der Waals surface area (Å²) < 4.78 is 0. The van der Waals surface area contributed by atoms with Crippen LogP contribution < -0.4 is 5.73 Å². The minimum absolute atomic E-state index is 0.0881. The van der Waals surface area contributed by atoms with Crippen LogP contribution in [0.15, 0.2) is 12.2 Å². The van der Waals surface area contributed by atoms with Gasteiger partial charge in [0.15, 0.2) is 0 Å². The second-order valence-electron chi connectivity index (χ2n) is 3.58. The molecule has 1 heterocycles. The van der Waals surface area contributed by atoms with E-state index in [4.69, 9.17) is 5.73 Å². The zero-order valence-corrected chi connectivity index (χ0v) is 8.36. The number of hydrogen-bond acceptors (Lipinski definition) is 2. The summed E-state index contributed by atoms with van der Waals surface area (Å²) in [6, 6.07) is 0.320. The monoisotopic (exact) mass is 182 g/mol. The van der Waals surface area contributed by atoms with Gasteiger partial charge in [-0.3, -0.25) is 4.79 Å². The highest BCUT2D eigenvalue weighted by Gasteiger charge is 2.27. The Hall–Kier alpha value is -0.830. The molecule has 0 aromatic carbocycles. The van der Waals surface area contributed by atoms with Crippen LogP contribution in [0.3, 0.4) is 0 Å². The molecular formula is C10H18N2O. The van der Waals surface area contributed by atoms with Crippen molar-refractivity contribution in [1.82, 2.24) is 4.90 Å². The van der Waals surface area contributed by atoms with Gasteiger partial charge in [0.2, 0.25) is 5.91 Å². The van der Waals surface area contributed by atoms with Crippen LogP contribution >= 0.6 is 0 Å². The Morgan fingerprint density at radius 2 is 2.31 bits per heavy atom. The van der Waals surface area contributed by atoms with Gasteiger partial charge in [-0.1, -0.05) is 6.08 Å². The summed E-state index contributed by atoms with van der Waals surface area (Å²) in [4.78, 5) is 13.4. The van der Waals surface area contributed by atoms with Crippen LogP contribution in [0.5, 0.6) is 0 Å². The molecule has 0 spiro atoms. The summed E-state index contributed by atoms with van der Waals surface area (Å²) in [5.41, 5.74) is 5.88. The third-order valence-electron chi connectivity index (χ3n) is 2.64. The lowest BCUT2D eigenvalue weighted by Crippen LogP contribution is -2.52. The smallest absolute Gasteiger partial charge is 0.246 e. The molecule has 0 saturated carbocycles. The van der Waals surface area contributed by atoms with Gasteiger partial charge in [-0.05, 0) is 32.8 Å². The average molecular weight is 182 g/mol. The maximum atomic E-state index is 11.5. The van der Waals surface area contributed by atoms with Gasteiger partial charge in [-0.15, -0.1) is 0 Å². The molecule has 13 heavy (non-hydrogen) atoms. The van der Waals surface area contributed by atoms with Crippen molar-refractivity contribution in [3.8, 4) is 0 Å². The highest BCUT2D eigenvalue weighted by Crippen LogP contribution is 2.15. The summed E-state index contributed by atoms with van der Waals surface area (Å²) in [5.74, 6) is 0.0881. The van der Waals surface area contributed by atoms with Crippen LogP contribution in [-0.2, 0) is 4.79 Å². The van der Waals surface area contributed by atoms with E-state index in [1.165, 1.54) is 0 Å². The summed E-state index contributed by atoms with van der Waals surface area (Å²) in [6.45, 7) is 4.72. The Kier molecular flexibility index (Phi) is 3.48. The molecule has 1 rings (SSSR count). The Morgan fingerprint density at radius 1 is 1.62 bits per heavy atom. The first-order valence-electron chi connectivity index (χ1n) is 4.85. The highest BCUT2D eigenvalue weighted by molar-refractivity contribution is 5.87. The Labute approximate surface area is 79.6 Å². The molecule has 1 saturated heterocycles. The van der Waals surface area contributed by atoms with E-state index in [-0.39, 0.29) is 18.0 Å². The molecule has 0 unspecified atom stereocenters. The van der Waals surface area contributed by atoms with Crippen molar-refractivity contribution in [3.63, 3.8) is 0 Å². The van der Waals surface area contributed by atoms with Crippen LogP contribution in [-0.4, -0.2) is 29.4 Å². The van der Waals surface area contributed by atoms with E-state index in [1.807, 2.05) is 18.7 Å². The predicted molar refractivity (Wildman–Crippen MR) is 53.2 cm³/mol. The Bertz CT molecular complexity index is 213. The van der Waals surface area contributed by atoms with Crippen LogP contribution in [0.25, 0.3) is 0 Å². The molecule has 0 bridgehead atoms. The number of carbonyl (C=O) groups is 1. The molecular weight excluding hydrogens is 164 g/mol. The Morgan fingerprint density at radius 3 is 2.92 bits per heavy atom. The quantitative estimate of drug-likeness (QED) is 0.612. The molecule has 1 amide bonds. The van der Waals surface area contributed by atoms with E-state index in [9.17, 15) is 4.79 Å². The van der Waals surface area contributed by atoms with Crippen LogP contribution in [0, 0.1) is 0 Å². The number of nitrogens with two attached hydrogens (primary N) is 1. The van der Waals surface area contributed by atoms with Gasteiger partial charge in [-0.2, -0.15) is 0 Å². The fourth-order valence-corrected chi connectivity index (χ4v) is 1.72. The van der Waals surface area contributed by atoms with Crippen molar-refractivity contribution in [2.45, 2.75) is 38.8 Å². The topological polar surface area (TPSA) is 46.3 Å². The molecule has 3 nitrogen and oxygen atoms in total. The zero-order valence-electron chi connectivity index (χ0n) is 8.36. The normalized spacial score (nSPS) is 29.6. The standard InChI is InChI=1S/C10H18N2O/c1-3-5-10(13)12-7-4-6-9(11)8(12)2/h3,5,8-9H,4,6-7,11H2,1-2H3/b5-3+/t8-,9-/m1/s1. The minimum Gasteiger partial charge on any atom is -0.335 e. The Balaban J connectivity index is 2.62. The lowest BCUT2D eigenvalue weighted by molar-refractivity contribution is -0.129. The number of nitrogens with zero attached hydrogens (tertiary/aromatic N) is 1. The largest absolute Gasteiger partial charge is 0.335 e. The minimum atomic E-state index is 0.0881. The molecule has 1 aliphatic heterocycles. The van der Waals surface area contributed by atoms with Crippen molar-refractivity contribution in [2.75, 3.05) is 6.54 Å². The molecule has 0 aromatic rings. The number of hydrogen-bond donors (Lipinski definition) is 1. The van der Waals surface area contributed by atoms with Crippen molar-refractivity contribution in [2.24, 2.45) is 5.73 Å². The molecule has 0 radical (unpaired) electrons. The number of allylic oxidation sites excluding steroid dienone is 1. The van der Waals surface area contributed by atoms with Crippen LogP contribution in [0.2, 0.25) is 0 Å². The number of rotatable bonds is 1. The van der Waals surface area contributed by atoms with Crippen molar-refractivity contribution < 1.29 is 4.79 Å². The first-order valence-corrected chi connectivity index (χ1v) is 4.85. The lowest BCUT2D eigenvalue weighted by Gasteiger charge is -2.37. The highest BCUT2D eigenvalue weighted by atomic mass is 16.2. The molecule has 2 atom stereocenters. The number of carbonyl (C=O) groups excluding carboxylic acids is 1. The second kappa shape index (κ2) is 4.42. The van der Waals surface area contributed by atoms with Gasteiger partial charge in [0.1, 0.15) is 0 Å². The number of likely N-dealkylation sites (tertiary alicyclic amines) is 1. The van der Waals surface area contributed by atoms with E-state index < -0.39 is 0 Å². The maximum absolute atomic E-state index is 11.5. The van der Waals surface area contributed by atoms with E-state index in [1.54, 1.807) is 12.2 Å². The lowest BCUT2D eigenvalue weighted by atomic mass is 9.98. The molecule has 0 aliphatic carbocycles. The fourth-order valence-electron chi connectivity index (χ4n) is 1.72. The molecule has 1 aliphatic rings. The molecule has 3 heteroatoms. The van der Waals surface area contributed by atoms with Gasteiger partial charge in [0.05, 0.1) is 0 Å². The molecule has 0 aromatic heterocycles. The summed E-state index contributed by atoms with van der Waals surface area (Å²) in [5, 5.41) is 0. The van der Waals surface area contributed by atoms with E-state index >= 15 is 0 Å². The summed E-state index contributed by atoms with van der Waals surface area (Å²) >= 11 is 0. The van der Waals surface area contributed by atoms with Crippen LogP contribution in [0.4, 0.5) is 0 Å². The van der Waals surface area contributed by atoms with Crippen molar-refractivity contribution in [3.05, 3.63) is 12.2 Å². The van der Waals surface area contributed by atoms with Gasteiger partial charge >= 0.3 is 0 Å². The third kappa shape index (κ3) is 2.31. The van der Waals surface area contributed by atoms with Gasteiger partial charge in [-0.25, -0.2) is 0 Å². The summed E-state index contributed by atoms with van der Waals surface area (Å²) in [7, 11) is 0. The molecule has 2 N–H and O–H groups in total. The first-order chi connectivity index (χ1) is 6.16.